The van der Waals surface area contributed by atoms with Crippen LogP contribution in [0, 0.1) is 13.8 Å². The maximum absolute atomic E-state index is 11.9. The zero-order valence-corrected chi connectivity index (χ0v) is 13.6. The molecular formula is C19H18N2O3. The number of aryl methyl sites for hydroxylation is 2. The van der Waals surface area contributed by atoms with Crippen molar-refractivity contribution in [2.45, 2.75) is 13.8 Å². The molecule has 0 aliphatic heterocycles. The summed E-state index contributed by atoms with van der Waals surface area (Å²) in [4.78, 5) is 11.9. The highest BCUT2D eigenvalue weighted by atomic mass is 16.5. The number of benzene rings is 2. The third-order valence-corrected chi connectivity index (χ3v) is 3.51. The van der Waals surface area contributed by atoms with Crippen molar-refractivity contribution in [2.75, 3.05) is 11.9 Å². The predicted octanol–water partition coefficient (Wildman–Crippen LogP) is 3.98. The van der Waals surface area contributed by atoms with Crippen molar-refractivity contribution in [3.63, 3.8) is 0 Å². The van der Waals surface area contributed by atoms with Gasteiger partial charge in [0.25, 0.3) is 5.91 Å². The van der Waals surface area contributed by atoms with Gasteiger partial charge in [-0.25, -0.2) is 0 Å². The second-order valence-electron chi connectivity index (χ2n) is 5.59. The molecule has 0 saturated carbocycles. The second-order valence-corrected chi connectivity index (χ2v) is 5.59. The number of nitrogens with one attached hydrogen (secondary N) is 1. The van der Waals surface area contributed by atoms with Gasteiger partial charge in [-0.05, 0) is 26.0 Å². The lowest BCUT2D eigenvalue weighted by Crippen LogP contribution is -2.19. The van der Waals surface area contributed by atoms with E-state index in [1.807, 2.05) is 62.4 Å². The summed E-state index contributed by atoms with van der Waals surface area (Å²) in [5.41, 5.74) is 3.91. The number of carbonyl (C=O) groups is 1. The Morgan fingerprint density at radius 1 is 1.04 bits per heavy atom. The summed E-state index contributed by atoms with van der Waals surface area (Å²) in [7, 11) is 0. The van der Waals surface area contributed by atoms with E-state index >= 15 is 0 Å². The first-order valence-corrected chi connectivity index (χ1v) is 7.63. The topological polar surface area (TPSA) is 64.4 Å². The molecule has 0 spiro atoms. The van der Waals surface area contributed by atoms with Crippen LogP contribution in [0.5, 0.6) is 5.75 Å². The SMILES string of the molecule is Cc1ccc(OCC(=O)Nc2cc(-c3ccc(C)cc3)no2)cc1. The zero-order valence-electron chi connectivity index (χ0n) is 13.6. The van der Waals surface area contributed by atoms with Gasteiger partial charge in [0.2, 0.25) is 5.88 Å². The first-order valence-electron chi connectivity index (χ1n) is 7.63. The summed E-state index contributed by atoms with van der Waals surface area (Å²) < 4.78 is 10.6. The van der Waals surface area contributed by atoms with Gasteiger partial charge in [-0.1, -0.05) is 52.7 Å². The molecule has 0 fully saturated rings. The van der Waals surface area contributed by atoms with Crippen molar-refractivity contribution in [1.82, 2.24) is 5.16 Å². The second kappa shape index (κ2) is 7.00. The zero-order chi connectivity index (χ0) is 16.9. The molecule has 1 heterocycles. The van der Waals surface area contributed by atoms with Crippen molar-refractivity contribution < 1.29 is 14.1 Å². The Morgan fingerprint density at radius 2 is 1.67 bits per heavy atom. The molecule has 5 heteroatoms. The number of amides is 1. The highest BCUT2D eigenvalue weighted by Crippen LogP contribution is 2.22. The average molecular weight is 322 g/mol. The molecule has 0 atom stereocenters. The molecule has 3 rings (SSSR count). The molecule has 0 aliphatic carbocycles. The maximum Gasteiger partial charge on any atom is 0.264 e. The Labute approximate surface area is 140 Å². The largest absolute Gasteiger partial charge is 0.484 e. The number of hydrogen-bond donors (Lipinski definition) is 1. The lowest BCUT2D eigenvalue weighted by atomic mass is 10.1. The molecule has 1 aromatic heterocycles. The number of hydrogen-bond acceptors (Lipinski definition) is 4. The summed E-state index contributed by atoms with van der Waals surface area (Å²) in [6, 6.07) is 17.1. The molecule has 5 nitrogen and oxygen atoms in total. The number of ether oxygens (including phenoxy) is 1. The van der Waals surface area contributed by atoms with Crippen LogP contribution in [0.4, 0.5) is 5.88 Å². The van der Waals surface area contributed by atoms with Gasteiger partial charge >= 0.3 is 0 Å². The van der Waals surface area contributed by atoms with E-state index in [9.17, 15) is 4.79 Å². The van der Waals surface area contributed by atoms with Gasteiger partial charge in [0.05, 0.1) is 0 Å². The van der Waals surface area contributed by atoms with Crippen molar-refractivity contribution in [3.8, 4) is 17.0 Å². The van der Waals surface area contributed by atoms with Gasteiger partial charge < -0.3 is 9.26 Å². The molecule has 0 unspecified atom stereocenters. The number of rotatable bonds is 5. The Hall–Kier alpha value is -3.08. The highest BCUT2D eigenvalue weighted by molar-refractivity contribution is 5.91. The van der Waals surface area contributed by atoms with Crippen molar-refractivity contribution in [2.24, 2.45) is 0 Å². The Morgan fingerprint density at radius 3 is 2.33 bits per heavy atom. The Balaban J connectivity index is 1.57. The molecule has 122 valence electrons. The minimum absolute atomic E-state index is 0.0936. The quantitative estimate of drug-likeness (QED) is 0.772. The van der Waals surface area contributed by atoms with E-state index in [2.05, 4.69) is 10.5 Å². The molecule has 1 amide bonds. The van der Waals surface area contributed by atoms with Gasteiger partial charge in [0.1, 0.15) is 11.4 Å². The first-order chi connectivity index (χ1) is 11.6. The fraction of sp³-hybridized carbons (Fsp3) is 0.158. The van der Waals surface area contributed by atoms with Crippen LogP contribution in [0.3, 0.4) is 0 Å². The fourth-order valence-electron chi connectivity index (χ4n) is 2.15. The van der Waals surface area contributed by atoms with Crippen LogP contribution < -0.4 is 10.1 Å². The summed E-state index contributed by atoms with van der Waals surface area (Å²) in [6.07, 6.45) is 0. The Bertz CT molecular complexity index is 821. The minimum atomic E-state index is -0.304. The van der Waals surface area contributed by atoms with E-state index in [4.69, 9.17) is 9.26 Å². The van der Waals surface area contributed by atoms with E-state index in [1.165, 1.54) is 5.56 Å². The van der Waals surface area contributed by atoms with Crippen LogP contribution in [0.25, 0.3) is 11.3 Å². The average Bonchev–Trinajstić information content (AvgIpc) is 3.03. The van der Waals surface area contributed by atoms with Gasteiger partial charge in [-0.2, -0.15) is 0 Å². The fourth-order valence-corrected chi connectivity index (χ4v) is 2.15. The number of nitrogens with zero attached hydrogens (tertiary/aromatic N) is 1. The van der Waals surface area contributed by atoms with Crippen LogP contribution in [0.15, 0.2) is 59.1 Å². The van der Waals surface area contributed by atoms with Crippen LogP contribution in [0.2, 0.25) is 0 Å². The van der Waals surface area contributed by atoms with Crippen molar-refractivity contribution in [1.29, 1.82) is 0 Å². The molecular weight excluding hydrogens is 304 g/mol. The van der Waals surface area contributed by atoms with E-state index in [0.717, 1.165) is 11.1 Å². The van der Waals surface area contributed by atoms with Crippen molar-refractivity contribution >= 4 is 11.8 Å². The van der Waals surface area contributed by atoms with Gasteiger partial charge in [-0.3, -0.25) is 10.1 Å². The third kappa shape index (κ3) is 4.01. The van der Waals surface area contributed by atoms with E-state index in [0.29, 0.717) is 17.3 Å². The van der Waals surface area contributed by atoms with Crippen LogP contribution >= 0.6 is 0 Å². The molecule has 24 heavy (non-hydrogen) atoms. The standard InChI is InChI=1S/C19H18N2O3/c1-13-3-7-15(8-4-13)17-11-19(24-21-17)20-18(22)12-23-16-9-5-14(2)6-10-16/h3-11H,12H2,1-2H3,(H,20,22). The van der Waals surface area contributed by atoms with E-state index in [-0.39, 0.29) is 12.5 Å². The number of aromatic nitrogens is 1. The van der Waals surface area contributed by atoms with Gasteiger partial charge in [0.15, 0.2) is 6.61 Å². The monoisotopic (exact) mass is 322 g/mol. The van der Waals surface area contributed by atoms with Gasteiger partial charge in [-0.15, -0.1) is 0 Å². The molecule has 0 bridgehead atoms. The molecule has 0 radical (unpaired) electrons. The maximum atomic E-state index is 11.9. The predicted molar refractivity (Wildman–Crippen MR) is 92.0 cm³/mol. The highest BCUT2D eigenvalue weighted by Gasteiger charge is 2.10. The molecule has 0 aliphatic rings. The van der Waals surface area contributed by atoms with E-state index in [1.54, 1.807) is 6.07 Å². The van der Waals surface area contributed by atoms with Crippen molar-refractivity contribution in [3.05, 3.63) is 65.7 Å². The molecule has 2 aromatic carbocycles. The number of carbonyl (C=O) groups excluding carboxylic acids is 1. The Kier molecular flexibility index (Phi) is 4.61. The van der Waals surface area contributed by atoms with E-state index < -0.39 is 0 Å². The third-order valence-electron chi connectivity index (χ3n) is 3.51. The minimum Gasteiger partial charge on any atom is -0.484 e. The van der Waals surface area contributed by atoms with Crippen LogP contribution in [-0.4, -0.2) is 17.7 Å². The van der Waals surface area contributed by atoms with Crippen LogP contribution in [-0.2, 0) is 4.79 Å². The van der Waals surface area contributed by atoms with Gasteiger partial charge in [0, 0.05) is 11.6 Å². The molecule has 0 saturated heterocycles. The lowest BCUT2D eigenvalue weighted by Gasteiger charge is -2.05. The molecule has 1 N–H and O–H groups in total. The summed E-state index contributed by atoms with van der Waals surface area (Å²) >= 11 is 0. The lowest BCUT2D eigenvalue weighted by molar-refractivity contribution is -0.118. The number of anilines is 1. The van der Waals surface area contributed by atoms with Crippen LogP contribution in [0.1, 0.15) is 11.1 Å². The smallest absolute Gasteiger partial charge is 0.264 e. The summed E-state index contributed by atoms with van der Waals surface area (Å²) in [6.45, 7) is 3.92. The normalized spacial score (nSPS) is 10.4. The first kappa shape index (κ1) is 15.8. The molecule has 3 aromatic rings. The summed E-state index contributed by atoms with van der Waals surface area (Å²) in [5.74, 6) is 0.638. The summed E-state index contributed by atoms with van der Waals surface area (Å²) in [5, 5.41) is 6.60.